The molecule has 0 spiro atoms. The van der Waals surface area contributed by atoms with Crippen LogP contribution >= 0.6 is 0 Å². The highest BCUT2D eigenvalue weighted by Gasteiger charge is 2.30. The number of aliphatic hydroxyl groups excluding tert-OH is 1. The van der Waals surface area contributed by atoms with Crippen LogP contribution in [-0.4, -0.2) is 40.9 Å². The minimum Gasteiger partial charge on any atom is -0.444 e. The Morgan fingerprint density at radius 2 is 1.81 bits per heavy atom. The summed E-state index contributed by atoms with van der Waals surface area (Å²) in [6.45, 7) is 8.30. The molecular weight excluding hydrogens is 272 g/mol. The van der Waals surface area contributed by atoms with Gasteiger partial charge in [-0.15, -0.1) is 6.42 Å². The first kappa shape index (κ1) is 19.3. The molecule has 2 amide bonds. The van der Waals surface area contributed by atoms with E-state index in [0.717, 1.165) is 0 Å². The highest BCUT2D eigenvalue weighted by molar-refractivity contribution is 5.86. The van der Waals surface area contributed by atoms with Crippen molar-refractivity contribution in [2.24, 2.45) is 0 Å². The zero-order valence-corrected chi connectivity index (χ0v) is 13.4. The van der Waals surface area contributed by atoms with Gasteiger partial charge in [-0.1, -0.05) is 19.8 Å². The summed E-state index contributed by atoms with van der Waals surface area (Å²) in [5.41, 5.74) is -1.46. The van der Waals surface area contributed by atoms with Gasteiger partial charge in [0.15, 0.2) is 0 Å². The third-order valence-corrected chi connectivity index (χ3v) is 3.04. The molecule has 1 atom stereocenters. The minimum absolute atomic E-state index is 0.537. The van der Waals surface area contributed by atoms with E-state index < -0.39 is 35.8 Å². The lowest BCUT2D eigenvalue weighted by Crippen LogP contribution is -2.56. The van der Waals surface area contributed by atoms with Crippen LogP contribution < -0.4 is 10.6 Å². The molecule has 0 heterocycles. The topological polar surface area (TPSA) is 87.7 Å². The molecule has 6 heteroatoms. The lowest BCUT2D eigenvalue weighted by molar-refractivity contribution is -0.125. The zero-order chi connectivity index (χ0) is 16.7. The Kier molecular flexibility index (Phi) is 7.23. The van der Waals surface area contributed by atoms with E-state index in [-0.39, 0.29) is 0 Å². The van der Waals surface area contributed by atoms with Crippen molar-refractivity contribution in [1.29, 1.82) is 0 Å². The van der Waals surface area contributed by atoms with Crippen molar-refractivity contribution < 1.29 is 19.4 Å². The molecule has 0 fully saturated rings. The number of aliphatic hydroxyl groups is 1. The number of amides is 2. The molecule has 0 aromatic rings. The Hall–Kier alpha value is -1.74. The lowest BCUT2D eigenvalue weighted by Gasteiger charge is -2.29. The fourth-order valence-electron chi connectivity index (χ4n) is 1.63. The first-order chi connectivity index (χ1) is 9.63. The summed E-state index contributed by atoms with van der Waals surface area (Å²) in [4.78, 5) is 23.8. The molecule has 0 aliphatic rings. The molecule has 0 rings (SSSR count). The first-order valence-electron chi connectivity index (χ1n) is 7.03. The second-order valence-electron chi connectivity index (χ2n) is 5.80. The first-order valence-corrected chi connectivity index (χ1v) is 7.03. The highest BCUT2D eigenvalue weighted by Crippen LogP contribution is 2.14. The van der Waals surface area contributed by atoms with Crippen molar-refractivity contribution in [2.75, 3.05) is 6.61 Å². The molecule has 0 aliphatic heterocycles. The Labute approximate surface area is 126 Å². The molecule has 0 aromatic heterocycles. The van der Waals surface area contributed by atoms with E-state index in [2.05, 4.69) is 16.6 Å². The van der Waals surface area contributed by atoms with Crippen molar-refractivity contribution in [1.82, 2.24) is 10.6 Å². The molecule has 0 aliphatic carbocycles. The summed E-state index contributed by atoms with van der Waals surface area (Å²) in [5, 5.41) is 14.3. The predicted molar refractivity (Wildman–Crippen MR) is 80.5 cm³/mol. The molecule has 0 bridgehead atoms. The van der Waals surface area contributed by atoms with Crippen LogP contribution in [0.25, 0.3) is 0 Å². The number of ether oxygens (including phenoxy) is 1. The molecule has 6 nitrogen and oxygen atoms in total. The summed E-state index contributed by atoms with van der Waals surface area (Å²) in [5.74, 6) is 2.02. The molecule has 3 N–H and O–H groups in total. The van der Waals surface area contributed by atoms with Gasteiger partial charge in [0.2, 0.25) is 5.91 Å². The number of alkyl carbamates (subject to hydrolysis) is 1. The van der Waals surface area contributed by atoms with E-state index in [4.69, 9.17) is 11.2 Å². The Morgan fingerprint density at radius 3 is 2.14 bits per heavy atom. The third kappa shape index (κ3) is 6.50. The summed E-state index contributed by atoms with van der Waals surface area (Å²) in [6, 6.07) is -1.11. The highest BCUT2D eigenvalue weighted by atomic mass is 16.6. The quantitative estimate of drug-likeness (QED) is 0.643. The smallest absolute Gasteiger partial charge is 0.408 e. The van der Waals surface area contributed by atoms with E-state index in [0.29, 0.717) is 12.8 Å². The molecule has 0 saturated carbocycles. The summed E-state index contributed by atoms with van der Waals surface area (Å²) < 4.78 is 5.05. The van der Waals surface area contributed by atoms with E-state index in [1.807, 2.05) is 13.8 Å². The second kappa shape index (κ2) is 7.89. The maximum absolute atomic E-state index is 12.1. The number of hydrogen-bond acceptors (Lipinski definition) is 4. The third-order valence-electron chi connectivity index (χ3n) is 3.04. The van der Waals surface area contributed by atoms with E-state index in [1.165, 1.54) is 0 Å². The van der Waals surface area contributed by atoms with Gasteiger partial charge in [0.05, 0.1) is 6.61 Å². The van der Waals surface area contributed by atoms with Crippen LogP contribution in [0.5, 0.6) is 0 Å². The number of rotatable bonds is 6. The Balaban J connectivity index is 4.78. The minimum atomic E-state index is -1.11. The normalized spacial score (nSPS) is 13.0. The molecule has 0 aromatic carbocycles. The standard InChI is InChI=1S/C15H26N2O4/c1-7-15(8-2,9-3)17-12(19)11(10-18)16-13(20)21-14(4,5)6/h1,11,18H,8-10H2,2-6H3,(H,16,20)(H,17,19)/t11-/m0/s1. The van der Waals surface area contributed by atoms with Gasteiger partial charge < -0.3 is 20.5 Å². The van der Waals surface area contributed by atoms with Crippen molar-refractivity contribution >= 4 is 12.0 Å². The van der Waals surface area contributed by atoms with Gasteiger partial charge in [-0.05, 0) is 33.6 Å². The molecule has 120 valence electrons. The molecule has 0 saturated heterocycles. The van der Waals surface area contributed by atoms with Gasteiger partial charge in [0, 0.05) is 0 Å². The van der Waals surface area contributed by atoms with Crippen LogP contribution in [0.4, 0.5) is 4.79 Å². The fraction of sp³-hybridized carbons (Fsp3) is 0.733. The number of hydrogen-bond donors (Lipinski definition) is 3. The molecule has 0 unspecified atom stereocenters. The largest absolute Gasteiger partial charge is 0.444 e. The molecule has 21 heavy (non-hydrogen) atoms. The van der Waals surface area contributed by atoms with E-state index >= 15 is 0 Å². The zero-order valence-electron chi connectivity index (χ0n) is 13.4. The SMILES string of the molecule is C#CC(CC)(CC)NC(=O)[C@H](CO)NC(=O)OC(C)(C)C. The Morgan fingerprint density at radius 1 is 1.29 bits per heavy atom. The van der Waals surface area contributed by atoms with Gasteiger partial charge >= 0.3 is 6.09 Å². The van der Waals surface area contributed by atoms with Crippen LogP contribution in [0.2, 0.25) is 0 Å². The van der Waals surface area contributed by atoms with Crippen LogP contribution in [0.15, 0.2) is 0 Å². The average Bonchev–Trinajstić information content (AvgIpc) is 2.40. The van der Waals surface area contributed by atoms with Crippen molar-refractivity contribution in [3.05, 3.63) is 0 Å². The number of nitrogens with one attached hydrogen (secondary N) is 2. The van der Waals surface area contributed by atoms with Gasteiger partial charge in [-0.25, -0.2) is 4.79 Å². The van der Waals surface area contributed by atoms with Crippen molar-refractivity contribution in [3.63, 3.8) is 0 Å². The van der Waals surface area contributed by atoms with Gasteiger partial charge in [0.1, 0.15) is 17.2 Å². The maximum Gasteiger partial charge on any atom is 0.408 e. The van der Waals surface area contributed by atoms with Crippen LogP contribution in [0.1, 0.15) is 47.5 Å². The number of carbonyl (C=O) groups is 2. The van der Waals surface area contributed by atoms with E-state index in [9.17, 15) is 14.7 Å². The second-order valence-corrected chi connectivity index (χ2v) is 5.80. The van der Waals surface area contributed by atoms with Crippen molar-refractivity contribution in [2.45, 2.75) is 64.6 Å². The number of terminal acetylenes is 1. The van der Waals surface area contributed by atoms with Gasteiger partial charge in [-0.3, -0.25) is 4.79 Å². The monoisotopic (exact) mass is 298 g/mol. The average molecular weight is 298 g/mol. The molecular formula is C15H26N2O4. The van der Waals surface area contributed by atoms with Crippen LogP contribution in [-0.2, 0) is 9.53 Å². The lowest BCUT2D eigenvalue weighted by atomic mass is 9.93. The van der Waals surface area contributed by atoms with Crippen LogP contribution in [0.3, 0.4) is 0 Å². The summed E-state index contributed by atoms with van der Waals surface area (Å²) in [7, 11) is 0. The van der Waals surface area contributed by atoms with Gasteiger partial charge in [0.25, 0.3) is 0 Å². The predicted octanol–water partition coefficient (Wildman–Crippen LogP) is 1.18. The van der Waals surface area contributed by atoms with Crippen LogP contribution in [0, 0.1) is 12.3 Å². The Bertz CT molecular complexity index is 403. The maximum atomic E-state index is 12.1. The summed E-state index contributed by atoms with van der Waals surface area (Å²) in [6.07, 6.45) is 5.80. The molecule has 0 radical (unpaired) electrons. The summed E-state index contributed by atoms with van der Waals surface area (Å²) >= 11 is 0. The number of carbonyl (C=O) groups excluding carboxylic acids is 2. The van der Waals surface area contributed by atoms with E-state index in [1.54, 1.807) is 20.8 Å². The van der Waals surface area contributed by atoms with Crippen molar-refractivity contribution in [3.8, 4) is 12.3 Å². The van der Waals surface area contributed by atoms with Gasteiger partial charge in [-0.2, -0.15) is 0 Å². The fourth-order valence-corrected chi connectivity index (χ4v) is 1.63.